The Kier molecular flexibility index (Phi) is 3.64. The van der Waals surface area contributed by atoms with Gasteiger partial charge in [-0.3, -0.25) is 0 Å². The molecule has 2 heterocycles. The molecule has 0 unspecified atom stereocenters. The van der Waals surface area contributed by atoms with Crippen LogP contribution in [-0.4, -0.2) is 0 Å². The first-order valence-electron chi connectivity index (χ1n) is 9.12. The maximum atomic E-state index is 2.37. The first kappa shape index (κ1) is 15.1. The summed E-state index contributed by atoms with van der Waals surface area (Å²) >= 11 is 0. The lowest BCUT2D eigenvalue weighted by Gasteiger charge is -2.18. The molecule has 124 valence electrons. The SMILES string of the molecule is c1ccc(C(c2ccccc2)c2cc[n+]3c(c2)-c2ccccc2C3)cc1. The molecule has 1 aliphatic rings. The van der Waals surface area contributed by atoms with E-state index in [0.717, 1.165) is 6.54 Å². The maximum absolute atomic E-state index is 2.37. The lowest BCUT2D eigenvalue weighted by Crippen LogP contribution is -2.32. The van der Waals surface area contributed by atoms with Crippen LogP contribution in [-0.2, 0) is 6.54 Å². The van der Waals surface area contributed by atoms with Crippen molar-refractivity contribution in [1.29, 1.82) is 0 Å². The van der Waals surface area contributed by atoms with Gasteiger partial charge in [0.15, 0.2) is 12.7 Å². The molecule has 0 saturated carbocycles. The standard InChI is InChI=1S/C25H20N/c1-3-9-19(10-4-1)25(20-11-5-2-6-12-20)21-15-16-26-18-22-13-7-8-14-23(22)24(26)17-21/h1-17,25H,18H2/q+1. The first-order chi connectivity index (χ1) is 12.9. The molecule has 0 fully saturated rings. The van der Waals surface area contributed by atoms with E-state index < -0.39 is 0 Å². The summed E-state index contributed by atoms with van der Waals surface area (Å²) in [6.45, 7) is 0.965. The van der Waals surface area contributed by atoms with Crippen molar-refractivity contribution in [1.82, 2.24) is 0 Å². The molecule has 0 atom stereocenters. The van der Waals surface area contributed by atoms with Crippen molar-refractivity contribution in [2.45, 2.75) is 12.5 Å². The molecule has 3 aromatic carbocycles. The van der Waals surface area contributed by atoms with E-state index in [1.54, 1.807) is 0 Å². The number of benzene rings is 3. The van der Waals surface area contributed by atoms with E-state index in [1.165, 1.54) is 33.5 Å². The summed E-state index contributed by atoms with van der Waals surface area (Å²) < 4.78 is 2.35. The van der Waals surface area contributed by atoms with Gasteiger partial charge in [0.25, 0.3) is 0 Å². The fraction of sp³-hybridized carbons (Fsp3) is 0.0800. The third-order valence-electron chi connectivity index (χ3n) is 5.29. The van der Waals surface area contributed by atoms with Gasteiger partial charge in [-0.25, -0.2) is 0 Å². The predicted molar refractivity (Wildman–Crippen MR) is 105 cm³/mol. The molecule has 1 aromatic heterocycles. The van der Waals surface area contributed by atoms with Crippen molar-refractivity contribution in [2.24, 2.45) is 0 Å². The van der Waals surface area contributed by atoms with Crippen LogP contribution in [0.15, 0.2) is 103 Å². The smallest absolute Gasteiger partial charge is 0.194 e. The zero-order chi connectivity index (χ0) is 17.3. The van der Waals surface area contributed by atoms with Crippen molar-refractivity contribution < 1.29 is 4.57 Å². The quantitative estimate of drug-likeness (QED) is 0.400. The lowest BCUT2D eigenvalue weighted by molar-refractivity contribution is -0.672. The number of rotatable bonds is 3. The zero-order valence-electron chi connectivity index (χ0n) is 14.5. The van der Waals surface area contributed by atoms with Crippen LogP contribution in [0.1, 0.15) is 28.2 Å². The number of fused-ring (bicyclic) bond motifs is 3. The highest BCUT2D eigenvalue weighted by Crippen LogP contribution is 2.34. The Morgan fingerprint density at radius 1 is 0.615 bits per heavy atom. The highest BCUT2D eigenvalue weighted by molar-refractivity contribution is 5.64. The van der Waals surface area contributed by atoms with Crippen LogP contribution in [0.25, 0.3) is 11.3 Å². The highest BCUT2D eigenvalue weighted by atomic mass is 15.0. The second kappa shape index (κ2) is 6.27. The van der Waals surface area contributed by atoms with E-state index in [0.29, 0.717) is 0 Å². The van der Waals surface area contributed by atoms with Crippen molar-refractivity contribution in [2.75, 3.05) is 0 Å². The van der Waals surface area contributed by atoms with Gasteiger partial charge in [0, 0.05) is 23.6 Å². The Balaban J connectivity index is 1.68. The summed E-state index contributed by atoms with van der Waals surface area (Å²) in [6.07, 6.45) is 2.24. The van der Waals surface area contributed by atoms with Crippen LogP contribution in [0.4, 0.5) is 0 Å². The van der Waals surface area contributed by atoms with E-state index in [2.05, 4.69) is 108 Å². The monoisotopic (exact) mass is 334 g/mol. The van der Waals surface area contributed by atoms with Gasteiger partial charge >= 0.3 is 0 Å². The van der Waals surface area contributed by atoms with Gasteiger partial charge in [0.1, 0.15) is 0 Å². The Hall–Kier alpha value is -3.19. The fourth-order valence-electron chi connectivity index (χ4n) is 4.06. The molecule has 4 aromatic rings. The molecule has 1 heteroatoms. The van der Waals surface area contributed by atoms with Gasteiger partial charge in [-0.2, -0.15) is 4.57 Å². The first-order valence-corrected chi connectivity index (χ1v) is 9.12. The van der Waals surface area contributed by atoms with Crippen LogP contribution in [0.2, 0.25) is 0 Å². The van der Waals surface area contributed by atoms with Crippen molar-refractivity contribution in [3.05, 3.63) is 126 Å². The number of hydrogen-bond acceptors (Lipinski definition) is 0. The summed E-state index contributed by atoms with van der Waals surface area (Å²) in [6, 6.07) is 35.0. The number of pyridine rings is 1. The number of nitrogens with zero attached hydrogens (tertiary/aromatic N) is 1. The van der Waals surface area contributed by atoms with E-state index in [4.69, 9.17) is 0 Å². The van der Waals surface area contributed by atoms with Gasteiger partial charge in [0.05, 0.1) is 5.56 Å². The van der Waals surface area contributed by atoms with Gasteiger partial charge in [-0.1, -0.05) is 78.9 Å². The van der Waals surface area contributed by atoms with E-state index in [1.807, 2.05) is 0 Å². The summed E-state index contributed by atoms with van der Waals surface area (Å²) in [5.74, 6) is 0.246. The van der Waals surface area contributed by atoms with Gasteiger partial charge < -0.3 is 0 Å². The Bertz CT molecular complexity index is 1010. The molecule has 0 spiro atoms. The minimum absolute atomic E-state index is 0.246. The minimum Gasteiger partial charge on any atom is -0.194 e. The second-order valence-electron chi connectivity index (χ2n) is 6.88. The van der Waals surface area contributed by atoms with E-state index in [-0.39, 0.29) is 5.92 Å². The Morgan fingerprint density at radius 2 is 1.23 bits per heavy atom. The van der Waals surface area contributed by atoms with Crippen molar-refractivity contribution in [3.63, 3.8) is 0 Å². The highest BCUT2D eigenvalue weighted by Gasteiger charge is 2.27. The van der Waals surface area contributed by atoms with Crippen LogP contribution in [0, 0.1) is 0 Å². The number of hydrogen-bond donors (Lipinski definition) is 0. The minimum atomic E-state index is 0.246. The zero-order valence-corrected chi connectivity index (χ0v) is 14.5. The molecule has 26 heavy (non-hydrogen) atoms. The van der Waals surface area contributed by atoms with E-state index >= 15 is 0 Å². The molecule has 1 aliphatic heterocycles. The summed E-state index contributed by atoms with van der Waals surface area (Å²) in [5.41, 5.74) is 8.07. The number of aromatic nitrogens is 1. The molecule has 0 amide bonds. The second-order valence-corrected chi connectivity index (χ2v) is 6.88. The average molecular weight is 334 g/mol. The van der Waals surface area contributed by atoms with E-state index in [9.17, 15) is 0 Å². The molecule has 5 rings (SSSR count). The third kappa shape index (κ3) is 2.53. The molecular weight excluding hydrogens is 314 g/mol. The summed E-state index contributed by atoms with van der Waals surface area (Å²) in [5, 5.41) is 0. The molecular formula is C25H20N+. The Labute approximate surface area is 154 Å². The van der Waals surface area contributed by atoms with Gasteiger partial charge in [0.2, 0.25) is 5.69 Å². The van der Waals surface area contributed by atoms with Crippen LogP contribution < -0.4 is 4.57 Å². The van der Waals surface area contributed by atoms with Crippen molar-refractivity contribution in [3.8, 4) is 11.3 Å². The molecule has 0 N–H and O–H groups in total. The average Bonchev–Trinajstić information content (AvgIpc) is 3.08. The Morgan fingerprint density at radius 3 is 1.92 bits per heavy atom. The molecule has 0 aliphatic carbocycles. The maximum Gasteiger partial charge on any atom is 0.213 e. The fourth-order valence-corrected chi connectivity index (χ4v) is 4.06. The summed E-state index contributed by atoms with van der Waals surface area (Å²) in [7, 11) is 0. The van der Waals surface area contributed by atoms with Gasteiger partial charge in [-0.05, 0) is 22.8 Å². The summed E-state index contributed by atoms with van der Waals surface area (Å²) in [4.78, 5) is 0. The van der Waals surface area contributed by atoms with Gasteiger partial charge in [-0.15, -0.1) is 0 Å². The van der Waals surface area contributed by atoms with Crippen molar-refractivity contribution >= 4 is 0 Å². The topological polar surface area (TPSA) is 3.88 Å². The molecule has 0 radical (unpaired) electrons. The third-order valence-corrected chi connectivity index (χ3v) is 5.29. The molecule has 1 nitrogen and oxygen atoms in total. The van der Waals surface area contributed by atoms with Crippen LogP contribution >= 0.6 is 0 Å². The normalized spacial score (nSPS) is 12.0. The molecule has 0 saturated heterocycles. The predicted octanol–water partition coefficient (Wildman–Crippen LogP) is 5.18. The lowest BCUT2D eigenvalue weighted by atomic mass is 9.85. The molecule has 0 bridgehead atoms. The van der Waals surface area contributed by atoms with Crippen LogP contribution in [0.3, 0.4) is 0 Å². The largest absolute Gasteiger partial charge is 0.213 e. The van der Waals surface area contributed by atoms with Crippen LogP contribution in [0.5, 0.6) is 0 Å².